The second kappa shape index (κ2) is 16.4. The van der Waals surface area contributed by atoms with Crippen molar-refractivity contribution in [2.75, 3.05) is 33.0 Å². The monoisotopic (exact) mass is 614 g/mol. The standard InChI is InChI=1S/C35H35ClN2O6/c1-24-31(34(40)43-19-9-17-37)32(27-14-8-15-28(36)22-27)33(30(38-24)23-42-21-18-39)35(41)44-20-16-29(25-10-4-2-5-11-25)26-12-6-3-7-13-26/h2-8,10-15,22,29,32,38-39H,9,16,18-21,23H2,1H3. The second-order valence-electron chi connectivity index (χ2n) is 10.2. The zero-order valence-corrected chi connectivity index (χ0v) is 25.3. The van der Waals surface area contributed by atoms with Crippen molar-refractivity contribution in [1.29, 1.82) is 5.26 Å². The van der Waals surface area contributed by atoms with E-state index in [0.717, 1.165) is 11.1 Å². The quantitative estimate of drug-likeness (QED) is 0.173. The molecule has 0 saturated carbocycles. The number of nitrogens with one attached hydrogen (secondary N) is 1. The zero-order valence-electron chi connectivity index (χ0n) is 24.5. The molecule has 0 amide bonds. The first-order valence-corrected chi connectivity index (χ1v) is 14.8. The number of nitriles is 1. The fourth-order valence-corrected chi connectivity index (χ4v) is 5.49. The first-order valence-electron chi connectivity index (χ1n) is 14.4. The van der Waals surface area contributed by atoms with Crippen molar-refractivity contribution in [1.82, 2.24) is 5.32 Å². The van der Waals surface area contributed by atoms with Gasteiger partial charge in [-0.1, -0.05) is 84.4 Å². The number of halogens is 1. The lowest BCUT2D eigenvalue weighted by atomic mass is 9.80. The molecule has 2 N–H and O–H groups in total. The van der Waals surface area contributed by atoms with Crippen LogP contribution in [0.4, 0.5) is 0 Å². The minimum atomic E-state index is -0.885. The van der Waals surface area contributed by atoms with E-state index in [4.69, 9.17) is 31.1 Å². The van der Waals surface area contributed by atoms with E-state index >= 15 is 0 Å². The van der Waals surface area contributed by atoms with E-state index in [1.54, 1.807) is 31.2 Å². The van der Waals surface area contributed by atoms with Crippen LogP contribution >= 0.6 is 11.6 Å². The summed E-state index contributed by atoms with van der Waals surface area (Å²) in [4.78, 5) is 27.4. The van der Waals surface area contributed by atoms with Crippen molar-refractivity contribution in [3.05, 3.63) is 129 Å². The number of carbonyl (C=O) groups excluding carboxylic acids is 2. The summed E-state index contributed by atoms with van der Waals surface area (Å²) in [7, 11) is 0. The maximum Gasteiger partial charge on any atom is 0.336 e. The number of hydrogen-bond acceptors (Lipinski definition) is 8. The SMILES string of the molecule is CC1=C(C(=O)OCCC#N)C(c2cccc(Cl)c2)C(C(=O)OCCC(c2ccccc2)c2ccccc2)=C(COCCO)N1. The highest BCUT2D eigenvalue weighted by atomic mass is 35.5. The van der Waals surface area contributed by atoms with E-state index in [-0.39, 0.29) is 56.5 Å². The number of nitrogens with zero attached hydrogens (tertiary/aromatic N) is 1. The molecular weight excluding hydrogens is 580 g/mol. The number of dihydropyridines is 1. The van der Waals surface area contributed by atoms with Gasteiger partial charge in [-0.15, -0.1) is 0 Å². The number of esters is 2. The first-order chi connectivity index (χ1) is 21.4. The highest BCUT2D eigenvalue weighted by Crippen LogP contribution is 2.40. The molecule has 0 bridgehead atoms. The van der Waals surface area contributed by atoms with E-state index < -0.39 is 17.9 Å². The summed E-state index contributed by atoms with van der Waals surface area (Å²) in [5.74, 6) is -2.18. The molecule has 1 aliphatic heterocycles. The lowest BCUT2D eigenvalue weighted by molar-refractivity contribution is -0.140. The van der Waals surface area contributed by atoms with Gasteiger partial charge in [0.05, 0.1) is 61.7 Å². The molecule has 0 spiro atoms. The van der Waals surface area contributed by atoms with Crippen molar-refractivity contribution in [2.24, 2.45) is 0 Å². The van der Waals surface area contributed by atoms with Gasteiger partial charge in [0, 0.05) is 16.6 Å². The fourth-order valence-electron chi connectivity index (χ4n) is 5.29. The molecule has 1 heterocycles. The van der Waals surface area contributed by atoms with Crippen LogP contribution in [0, 0.1) is 11.3 Å². The van der Waals surface area contributed by atoms with Gasteiger partial charge in [0.25, 0.3) is 0 Å². The molecule has 1 atom stereocenters. The third-order valence-corrected chi connectivity index (χ3v) is 7.47. The number of aliphatic hydroxyl groups is 1. The normalized spacial score (nSPS) is 14.7. The number of ether oxygens (including phenoxy) is 3. The molecule has 44 heavy (non-hydrogen) atoms. The van der Waals surface area contributed by atoms with Gasteiger partial charge >= 0.3 is 11.9 Å². The van der Waals surface area contributed by atoms with Gasteiger partial charge in [-0.3, -0.25) is 0 Å². The molecule has 1 unspecified atom stereocenters. The Hall–Kier alpha value is -4.42. The van der Waals surface area contributed by atoms with Crippen molar-refractivity contribution in [3.63, 3.8) is 0 Å². The number of carbonyl (C=O) groups is 2. The highest BCUT2D eigenvalue weighted by molar-refractivity contribution is 6.30. The highest BCUT2D eigenvalue weighted by Gasteiger charge is 2.39. The Labute approximate surface area is 262 Å². The average molecular weight is 615 g/mol. The minimum Gasteiger partial charge on any atom is -0.462 e. The van der Waals surface area contributed by atoms with Crippen LogP contribution in [0.5, 0.6) is 0 Å². The van der Waals surface area contributed by atoms with Crippen molar-refractivity contribution in [3.8, 4) is 6.07 Å². The van der Waals surface area contributed by atoms with Crippen LogP contribution in [0.3, 0.4) is 0 Å². The van der Waals surface area contributed by atoms with Gasteiger partial charge in [-0.2, -0.15) is 5.26 Å². The van der Waals surface area contributed by atoms with E-state index in [1.165, 1.54) is 0 Å². The third-order valence-electron chi connectivity index (χ3n) is 7.24. The molecule has 3 aromatic rings. The predicted octanol–water partition coefficient (Wildman–Crippen LogP) is 5.79. The summed E-state index contributed by atoms with van der Waals surface area (Å²) in [6.45, 7) is 1.54. The number of aliphatic hydroxyl groups excluding tert-OH is 1. The van der Waals surface area contributed by atoms with Crippen LogP contribution in [-0.2, 0) is 23.8 Å². The molecule has 8 nitrogen and oxygen atoms in total. The van der Waals surface area contributed by atoms with Crippen LogP contribution in [0.25, 0.3) is 0 Å². The van der Waals surface area contributed by atoms with Crippen molar-refractivity contribution < 1.29 is 28.9 Å². The zero-order chi connectivity index (χ0) is 31.3. The molecule has 0 radical (unpaired) electrons. The molecule has 0 aliphatic carbocycles. The van der Waals surface area contributed by atoms with E-state index in [1.807, 2.05) is 42.5 Å². The summed E-state index contributed by atoms with van der Waals surface area (Å²) in [5, 5.41) is 21.8. The molecular formula is C35H35ClN2O6. The van der Waals surface area contributed by atoms with Crippen LogP contribution in [-0.4, -0.2) is 50.1 Å². The summed E-state index contributed by atoms with van der Waals surface area (Å²) < 4.78 is 17.0. The van der Waals surface area contributed by atoms with Gasteiger partial charge in [0.2, 0.25) is 0 Å². The molecule has 3 aromatic carbocycles. The van der Waals surface area contributed by atoms with Gasteiger partial charge in [-0.25, -0.2) is 9.59 Å². The van der Waals surface area contributed by atoms with Gasteiger partial charge in [-0.05, 0) is 42.2 Å². The van der Waals surface area contributed by atoms with E-state index in [9.17, 15) is 14.7 Å². The van der Waals surface area contributed by atoms with E-state index in [2.05, 4.69) is 29.6 Å². The van der Waals surface area contributed by atoms with Gasteiger partial charge < -0.3 is 24.6 Å². The number of allylic oxidation sites excluding steroid dienone is 1. The molecule has 0 fully saturated rings. The Balaban J connectivity index is 1.67. The third kappa shape index (κ3) is 8.35. The summed E-state index contributed by atoms with van der Waals surface area (Å²) in [6.07, 6.45) is 0.554. The first kappa shape index (κ1) is 32.5. The Bertz CT molecular complexity index is 1490. The topological polar surface area (TPSA) is 118 Å². The number of benzene rings is 3. The summed E-state index contributed by atoms with van der Waals surface area (Å²) in [6, 6.07) is 28.9. The molecule has 1 aliphatic rings. The van der Waals surface area contributed by atoms with Gasteiger partial charge in [0.15, 0.2) is 0 Å². The Morgan fingerprint density at radius 1 is 0.909 bits per heavy atom. The van der Waals surface area contributed by atoms with Crippen LogP contribution in [0.15, 0.2) is 107 Å². The molecule has 0 aromatic heterocycles. The molecule has 4 rings (SSSR count). The lowest BCUT2D eigenvalue weighted by Crippen LogP contribution is -2.35. The Morgan fingerprint density at radius 3 is 2.16 bits per heavy atom. The van der Waals surface area contributed by atoms with Gasteiger partial charge in [0.1, 0.15) is 6.61 Å². The second-order valence-corrected chi connectivity index (χ2v) is 10.6. The minimum absolute atomic E-state index is 0.00689. The van der Waals surface area contributed by atoms with Crippen molar-refractivity contribution >= 4 is 23.5 Å². The van der Waals surface area contributed by atoms with E-state index in [0.29, 0.717) is 28.4 Å². The molecule has 0 saturated heterocycles. The Kier molecular flexibility index (Phi) is 12.1. The number of hydrogen-bond donors (Lipinski definition) is 2. The maximum absolute atomic E-state index is 14.0. The van der Waals surface area contributed by atoms with Crippen LogP contribution in [0.1, 0.15) is 48.3 Å². The predicted molar refractivity (Wildman–Crippen MR) is 166 cm³/mol. The largest absolute Gasteiger partial charge is 0.462 e. The van der Waals surface area contributed by atoms with Crippen LogP contribution in [0.2, 0.25) is 5.02 Å². The smallest absolute Gasteiger partial charge is 0.336 e. The lowest BCUT2D eigenvalue weighted by Gasteiger charge is -2.31. The fraction of sp³-hybridized carbons (Fsp3) is 0.286. The van der Waals surface area contributed by atoms with Crippen LogP contribution < -0.4 is 5.32 Å². The summed E-state index contributed by atoms with van der Waals surface area (Å²) >= 11 is 6.36. The maximum atomic E-state index is 14.0. The number of rotatable bonds is 14. The molecule has 228 valence electrons. The molecule has 9 heteroatoms. The van der Waals surface area contributed by atoms with Crippen molar-refractivity contribution in [2.45, 2.75) is 31.6 Å². The Morgan fingerprint density at radius 2 is 1.55 bits per heavy atom. The summed E-state index contributed by atoms with van der Waals surface area (Å²) in [5.41, 5.74) is 4.04. The average Bonchev–Trinajstić information content (AvgIpc) is 3.03.